The van der Waals surface area contributed by atoms with Gasteiger partial charge in [-0.1, -0.05) is 18.1 Å². The average molecular weight is 220 g/mol. The van der Waals surface area contributed by atoms with Crippen molar-refractivity contribution < 1.29 is 4.79 Å². The smallest absolute Gasteiger partial charge is 0.132 e. The molecule has 0 N–H and O–H groups in total. The third-order valence-corrected chi connectivity index (χ3v) is 5.27. The zero-order chi connectivity index (χ0) is 11.9. The molecule has 1 fully saturated rings. The van der Waals surface area contributed by atoms with Crippen LogP contribution in [0.15, 0.2) is 11.1 Å². The minimum absolute atomic E-state index is 0.332. The lowest BCUT2D eigenvalue weighted by Gasteiger charge is -2.48. The number of hydrogen-bond donors (Lipinski definition) is 0. The topological polar surface area (TPSA) is 17.1 Å². The highest BCUT2D eigenvalue weighted by Gasteiger charge is 2.43. The molecule has 2 rings (SSSR count). The lowest BCUT2D eigenvalue weighted by Crippen LogP contribution is -2.39. The summed E-state index contributed by atoms with van der Waals surface area (Å²) in [4.78, 5) is 11.5. The second kappa shape index (κ2) is 4.01. The van der Waals surface area contributed by atoms with Gasteiger partial charge in [-0.25, -0.2) is 0 Å². The molecule has 0 aromatic heterocycles. The molecular weight excluding hydrogens is 196 g/mol. The van der Waals surface area contributed by atoms with E-state index >= 15 is 0 Å². The number of fused-ring (bicyclic) bond motifs is 1. The molecule has 0 heterocycles. The summed E-state index contributed by atoms with van der Waals surface area (Å²) in [6, 6.07) is 0. The summed E-state index contributed by atoms with van der Waals surface area (Å²) in [5, 5.41) is 0. The van der Waals surface area contributed by atoms with Gasteiger partial charge in [0.2, 0.25) is 0 Å². The lowest BCUT2D eigenvalue weighted by molar-refractivity contribution is -0.123. The molecular formula is C15H24O. The average Bonchev–Trinajstić information content (AvgIpc) is 2.24. The van der Waals surface area contributed by atoms with Crippen LogP contribution in [0.3, 0.4) is 0 Å². The molecule has 1 heteroatoms. The number of Topliss-reactive ketones (excluding diaryl/α,β-unsaturated/α-hetero) is 1. The summed E-state index contributed by atoms with van der Waals surface area (Å²) in [5.41, 5.74) is 3.64. The number of rotatable bonds is 1. The van der Waals surface area contributed by atoms with Crippen molar-refractivity contribution in [2.45, 2.75) is 59.8 Å². The SMILES string of the molecule is CC(=O)C1CC[C@@]2(C)CCC(C)=C(C)[C@H]2C1. The molecule has 2 aliphatic carbocycles. The Morgan fingerprint density at radius 3 is 2.62 bits per heavy atom. The first-order valence-electron chi connectivity index (χ1n) is 6.61. The minimum atomic E-state index is 0.332. The molecule has 0 amide bonds. The van der Waals surface area contributed by atoms with E-state index in [2.05, 4.69) is 20.8 Å². The van der Waals surface area contributed by atoms with Gasteiger partial charge in [0.25, 0.3) is 0 Å². The zero-order valence-corrected chi connectivity index (χ0v) is 11.1. The Hall–Kier alpha value is -0.590. The summed E-state index contributed by atoms with van der Waals surface area (Å²) in [7, 11) is 0. The van der Waals surface area contributed by atoms with Gasteiger partial charge in [-0.2, -0.15) is 0 Å². The van der Waals surface area contributed by atoms with Gasteiger partial charge in [0.1, 0.15) is 5.78 Å². The molecule has 90 valence electrons. The van der Waals surface area contributed by atoms with Gasteiger partial charge >= 0.3 is 0 Å². The van der Waals surface area contributed by atoms with Crippen LogP contribution in [0.25, 0.3) is 0 Å². The molecule has 1 saturated carbocycles. The number of allylic oxidation sites excluding steroid dienone is 2. The van der Waals surface area contributed by atoms with Crippen molar-refractivity contribution in [1.82, 2.24) is 0 Å². The Morgan fingerprint density at radius 1 is 1.31 bits per heavy atom. The Labute approximate surface area is 99.3 Å². The highest BCUT2D eigenvalue weighted by molar-refractivity contribution is 5.78. The van der Waals surface area contributed by atoms with Crippen LogP contribution < -0.4 is 0 Å². The molecule has 0 bridgehead atoms. The van der Waals surface area contributed by atoms with Crippen molar-refractivity contribution in [2.75, 3.05) is 0 Å². The Balaban J connectivity index is 2.25. The van der Waals surface area contributed by atoms with Crippen molar-refractivity contribution in [2.24, 2.45) is 17.3 Å². The van der Waals surface area contributed by atoms with E-state index in [0.717, 1.165) is 12.8 Å². The fraction of sp³-hybridized carbons (Fsp3) is 0.800. The monoisotopic (exact) mass is 220 g/mol. The van der Waals surface area contributed by atoms with Gasteiger partial charge in [0.15, 0.2) is 0 Å². The van der Waals surface area contributed by atoms with E-state index in [1.54, 1.807) is 18.1 Å². The van der Waals surface area contributed by atoms with Crippen LogP contribution in [0.2, 0.25) is 0 Å². The predicted molar refractivity (Wildman–Crippen MR) is 67.2 cm³/mol. The van der Waals surface area contributed by atoms with Crippen LogP contribution in [-0.4, -0.2) is 5.78 Å². The van der Waals surface area contributed by atoms with Crippen molar-refractivity contribution in [3.8, 4) is 0 Å². The number of carbonyl (C=O) groups excluding carboxylic acids is 1. The van der Waals surface area contributed by atoms with Crippen molar-refractivity contribution >= 4 is 5.78 Å². The maximum absolute atomic E-state index is 11.5. The molecule has 1 unspecified atom stereocenters. The molecule has 0 aliphatic heterocycles. The highest BCUT2D eigenvalue weighted by atomic mass is 16.1. The summed E-state index contributed by atoms with van der Waals surface area (Å²) < 4.78 is 0. The van der Waals surface area contributed by atoms with Crippen LogP contribution in [0.1, 0.15) is 59.8 Å². The Kier molecular flexibility index (Phi) is 2.98. The van der Waals surface area contributed by atoms with E-state index in [1.165, 1.54) is 19.3 Å². The van der Waals surface area contributed by atoms with Crippen LogP contribution in [0, 0.1) is 17.3 Å². The van der Waals surface area contributed by atoms with Crippen LogP contribution in [0.4, 0.5) is 0 Å². The van der Waals surface area contributed by atoms with Crippen LogP contribution in [-0.2, 0) is 4.79 Å². The Morgan fingerprint density at radius 2 is 2.00 bits per heavy atom. The van der Waals surface area contributed by atoms with E-state index in [1.807, 2.05) is 0 Å². The first-order chi connectivity index (χ1) is 7.44. The van der Waals surface area contributed by atoms with E-state index in [-0.39, 0.29) is 0 Å². The third kappa shape index (κ3) is 1.85. The number of hydrogen-bond acceptors (Lipinski definition) is 1. The second-order valence-electron chi connectivity index (χ2n) is 6.25. The van der Waals surface area contributed by atoms with Gasteiger partial charge in [0.05, 0.1) is 0 Å². The molecule has 3 atom stereocenters. The zero-order valence-electron chi connectivity index (χ0n) is 11.1. The maximum Gasteiger partial charge on any atom is 0.132 e. The molecule has 0 saturated heterocycles. The van der Waals surface area contributed by atoms with E-state index in [0.29, 0.717) is 23.0 Å². The van der Waals surface area contributed by atoms with Crippen LogP contribution >= 0.6 is 0 Å². The first kappa shape index (κ1) is 11.9. The second-order valence-corrected chi connectivity index (χ2v) is 6.25. The van der Waals surface area contributed by atoms with E-state index in [4.69, 9.17) is 0 Å². The summed E-state index contributed by atoms with van der Waals surface area (Å²) >= 11 is 0. The van der Waals surface area contributed by atoms with E-state index in [9.17, 15) is 4.79 Å². The number of ketones is 1. The molecule has 0 aromatic carbocycles. The first-order valence-corrected chi connectivity index (χ1v) is 6.61. The summed E-state index contributed by atoms with van der Waals surface area (Å²) in [6.45, 7) is 8.76. The Bertz CT molecular complexity index is 339. The number of carbonyl (C=O) groups is 1. The van der Waals surface area contributed by atoms with Crippen molar-refractivity contribution in [3.05, 3.63) is 11.1 Å². The molecule has 0 radical (unpaired) electrons. The summed E-state index contributed by atoms with van der Waals surface area (Å²) in [5.74, 6) is 1.40. The van der Waals surface area contributed by atoms with Crippen molar-refractivity contribution in [1.29, 1.82) is 0 Å². The molecule has 16 heavy (non-hydrogen) atoms. The van der Waals surface area contributed by atoms with E-state index < -0.39 is 0 Å². The van der Waals surface area contributed by atoms with Crippen LogP contribution in [0.5, 0.6) is 0 Å². The fourth-order valence-electron chi connectivity index (χ4n) is 3.70. The molecule has 1 nitrogen and oxygen atoms in total. The summed E-state index contributed by atoms with van der Waals surface area (Å²) in [6.07, 6.45) is 6.06. The fourth-order valence-corrected chi connectivity index (χ4v) is 3.70. The molecule has 2 aliphatic rings. The van der Waals surface area contributed by atoms with Gasteiger partial charge in [-0.05, 0) is 64.2 Å². The largest absolute Gasteiger partial charge is 0.300 e. The standard InChI is InChI=1S/C15H24O/c1-10-5-7-15(4)8-6-13(12(3)16)9-14(15)11(10)2/h13-14H,5-9H2,1-4H3/t13?,14-,15-/m1/s1. The molecule has 0 spiro atoms. The minimum Gasteiger partial charge on any atom is -0.300 e. The predicted octanol–water partition coefficient (Wildman–Crippen LogP) is 4.13. The van der Waals surface area contributed by atoms with Crippen molar-refractivity contribution in [3.63, 3.8) is 0 Å². The quantitative estimate of drug-likeness (QED) is 0.607. The normalized spacial score (nSPS) is 39.5. The highest BCUT2D eigenvalue weighted by Crippen LogP contribution is 2.53. The van der Waals surface area contributed by atoms with Gasteiger partial charge in [-0.3, -0.25) is 4.79 Å². The third-order valence-electron chi connectivity index (χ3n) is 5.27. The van der Waals surface area contributed by atoms with Gasteiger partial charge in [-0.15, -0.1) is 0 Å². The van der Waals surface area contributed by atoms with Gasteiger partial charge in [0, 0.05) is 5.92 Å². The molecule has 0 aromatic rings. The van der Waals surface area contributed by atoms with Gasteiger partial charge < -0.3 is 0 Å². The lowest BCUT2D eigenvalue weighted by atomic mass is 9.56. The maximum atomic E-state index is 11.5.